The summed E-state index contributed by atoms with van der Waals surface area (Å²) in [5, 5.41) is 13.2. The molecule has 0 aromatic carbocycles. The van der Waals surface area contributed by atoms with Crippen molar-refractivity contribution in [1.82, 2.24) is 5.32 Å². The lowest BCUT2D eigenvalue weighted by atomic mass is 9.88. The first kappa shape index (κ1) is 11.9. The monoisotopic (exact) mass is 173 g/mol. The number of aliphatic hydroxyl groups is 1. The molecule has 0 fully saturated rings. The van der Waals surface area contributed by atoms with Crippen molar-refractivity contribution in [3.8, 4) is 0 Å². The van der Waals surface area contributed by atoms with Crippen molar-refractivity contribution < 1.29 is 5.11 Å². The molecule has 0 saturated heterocycles. The van der Waals surface area contributed by atoms with Gasteiger partial charge in [0.05, 0.1) is 5.60 Å². The second-order valence-corrected chi connectivity index (χ2v) is 4.20. The minimum atomic E-state index is -0.570. The molecule has 0 aliphatic rings. The standard InChI is InChI=1S/C10H23NO/c1-6-9(4)10(5,12)7-11-8(2)3/h8-9,11-12H,6-7H2,1-5H3. The fraction of sp³-hybridized carbons (Fsp3) is 1.00. The first-order valence-corrected chi connectivity index (χ1v) is 4.86. The summed E-state index contributed by atoms with van der Waals surface area (Å²) in [7, 11) is 0. The van der Waals surface area contributed by atoms with Gasteiger partial charge in [-0.05, 0) is 12.8 Å². The third-order valence-electron chi connectivity index (χ3n) is 2.54. The zero-order valence-electron chi connectivity index (χ0n) is 9.02. The van der Waals surface area contributed by atoms with Gasteiger partial charge in [0, 0.05) is 12.6 Å². The molecule has 0 rings (SSSR count). The number of hydrogen-bond donors (Lipinski definition) is 2. The Kier molecular flexibility index (Phi) is 4.80. The number of hydrogen-bond acceptors (Lipinski definition) is 2. The van der Waals surface area contributed by atoms with Gasteiger partial charge >= 0.3 is 0 Å². The molecule has 0 aromatic rings. The van der Waals surface area contributed by atoms with E-state index in [4.69, 9.17) is 0 Å². The smallest absolute Gasteiger partial charge is 0.0768 e. The molecule has 0 heterocycles. The Labute approximate surface area is 76.4 Å². The summed E-state index contributed by atoms with van der Waals surface area (Å²) < 4.78 is 0. The molecule has 0 aliphatic heterocycles. The topological polar surface area (TPSA) is 32.3 Å². The summed E-state index contributed by atoms with van der Waals surface area (Å²) >= 11 is 0. The Bertz CT molecular complexity index is 121. The van der Waals surface area contributed by atoms with E-state index in [1.807, 2.05) is 6.92 Å². The SMILES string of the molecule is CCC(C)C(C)(O)CNC(C)C. The maximum atomic E-state index is 9.97. The van der Waals surface area contributed by atoms with Gasteiger partial charge in [0.15, 0.2) is 0 Å². The lowest BCUT2D eigenvalue weighted by molar-refractivity contribution is 0.00410. The van der Waals surface area contributed by atoms with Gasteiger partial charge in [0.25, 0.3) is 0 Å². The highest BCUT2D eigenvalue weighted by molar-refractivity contribution is 4.81. The second-order valence-electron chi connectivity index (χ2n) is 4.20. The van der Waals surface area contributed by atoms with Crippen molar-refractivity contribution in [2.24, 2.45) is 5.92 Å². The van der Waals surface area contributed by atoms with Crippen LogP contribution in [0.3, 0.4) is 0 Å². The van der Waals surface area contributed by atoms with E-state index < -0.39 is 5.60 Å². The maximum absolute atomic E-state index is 9.97. The summed E-state index contributed by atoms with van der Waals surface area (Å²) in [6.45, 7) is 11.0. The van der Waals surface area contributed by atoms with Crippen LogP contribution in [0, 0.1) is 5.92 Å². The third-order valence-corrected chi connectivity index (χ3v) is 2.54. The van der Waals surface area contributed by atoms with E-state index in [-0.39, 0.29) is 0 Å². The molecule has 2 heteroatoms. The quantitative estimate of drug-likeness (QED) is 0.664. The maximum Gasteiger partial charge on any atom is 0.0768 e. The number of rotatable bonds is 5. The lowest BCUT2D eigenvalue weighted by Gasteiger charge is -2.30. The molecule has 0 spiro atoms. The van der Waals surface area contributed by atoms with Crippen LogP contribution in [0.25, 0.3) is 0 Å². The van der Waals surface area contributed by atoms with Crippen LogP contribution in [0.5, 0.6) is 0 Å². The van der Waals surface area contributed by atoms with Crippen molar-refractivity contribution in [3.63, 3.8) is 0 Å². The van der Waals surface area contributed by atoms with Crippen molar-refractivity contribution in [2.75, 3.05) is 6.54 Å². The molecular weight excluding hydrogens is 150 g/mol. The average molecular weight is 173 g/mol. The van der Waals surface area contributed by atoms with Crippen LogP contribution in [0.4, 0.5) is 0 Å². The molecule has 0 aromatic heterocycles. The van der Waals surface area contributed by atoms with Crippen LogP contribution in [0.15, 0.2) is 0 Å². The van der Waals surface area contributed by atoms with E-state index in [0.29, 0.717) is 18.5 Å². The van der Waals surface area contributed by atoms with E-state index in [2.05, 4.69) is 33.0 Å². The van der Waals surface area contributed by atoms with E-state index in [1.165, 1.54) is 0 Å². The number of nitrogens with one attached hydrogen (secondary N) is 1. The van der Waals surface area contributed by atoms with Gasteiger partial charge in [-0.25, -0.2) is 0 Å². The van der Waals surface area contributed by atoms with E-state index in [0.717, 1.165) is 6.42 Å². The van der Waals surface area contributed by atoms with Crippen LogP contribution < -0.4 is 5.32 Å². The van der Waals surface area contributed by atoms with Gasteiger partial charge < -0.3 is 10.4 Å². The van der Waals surface area contributed by atoms with Crippen LogP contribution in [-0.4, -0.2) is 23.3 Å². The molecular formula is C10H23NO. The lowest BCUT2D eigenvalue weighted by Crippen LogP contribution is -2.45. The van der Waals surface area contributed by atoms with Gasteiger partial charge in [-0.15, -0.1) is 0 Å². The molecule has 2 atom stereocenters. The van der Waals surface area contributed by atoms with Gasteiger partial charge in [-0.2, -0.15) is 0 Å². The first-order chi connectivity index (χ1) is 5.40. The predicted octanol–water partition coefficient (Wildman–Crippen LogP) is 1.78. The first-order valence-electron chi connectivity index (χ1n) is 4.86. The molecule has 2 N–H and O–H groups in total. The van der Waals surface area contributed by atoms with Crippen LogP contribution >= 0.6 is 0 Å². The Hall–Kier alpha value is -0.0800. The molecule has 0 saturated carbocycles. The summed E-state index contributed by atoms with van der Waals surface area (Å²) in [6, 6.07) is 0.445. The van der Waals surface area contributed by atoms with Crippen molar-refractivity contribution >= 4 is 0 Å². The zero-order chi connectivity index (χ0) is 9.78. The van der Waals surface area contributed by atoms with Crippen LogP contribution in [0.2, 0.25) is 0 Å². The van der Waals surface area contributed by atoms with E-state index >= 15 is 0 Å². The Morgan fingerprint density at radius 2 is 1.83 bits per heavy atom. The minimum Gasteiger partial charge on any atom is -0.389 e. The fourth-order valence-electron chi connectivity index (χ4n) is 1.02. The fourth-order valence-corrected chi connectivity index (χ4v) is 1.02. The highest BCUT2D eigenvalue weighted by Crippen LogP contribution is 2.18. The van der Waals surface area contributed by atoms with E-state index in [1.54, 1.807) is 0 Å². The zero-order valence-corrected chi connectivity index (χ0v) is 9.02. The summed E-state index contributed by atoms with van der Waals surface area (Å²) in [4.78, 5) is 0. The third kappa shape index (κ3) is 4.07. The summed E-state index contributed by atoms with van der Waals surface area (Å²) in [6.07, 6.45) is 1.02. The largest absolute Gasteiger partial charge is 0.389 e. The molecule has 0 bridgehead atoms. The molecule has 74 valence electrons. The van der Waals surface area contributed by atoms with Crippen molar-refractivity contribution in [2.45, 2.75) is 52.7 Å². The Morgan fingerprint density at radius 1 is 1.33 bits per heavy atom. The van der Waals surface area contributed by atoms with Gasteiger partial charge in [0.1, 0.15) is 0 Å². The molecule has 2 nitrogen and oxygen atoms in total. The van der Waals surface area contributed by atoms with Crippen LogP contribution in [0.1, 0.15) is 41.0 Å². The molecule has 12 heavy (non-hydrogen) atoms. The minimum absolute atomic E-state index is 0.351. The normalized spacial score (nSPS) is 19.2. The highest BCUT2D eigenvalue weighted by atomic mass is 16.3. The van der Waals surface area contributed by atoms with Crippen LogP contribution in [-0.2, 0) is 0 Å². The van der Waals surface area contributed by atoms with Crippen molar-refractivity contribution in [3.05, 3.63) is 0 Å². The second kappa shape index (κ2) is 4.83. The van der Waals surface area contributed by atoms with Gasteiger partial charge in [0.2, 0.25) is 0 Å². The summed E-state index contributed by atoms with van der Waals surface area (Å²) in [5.41, 5.74) is -0.570. The summed E-state index contributed by atoms with van der Waals surface area (Å²) in [5.74, 6) is 0.351. The molecule has 0 amide bonds. The molecule has 0 aliphatic carbocycles. The van der Waals surface area contributed by atoms with Crippen molar-refractivity contribution in [1.29, 1.82) is 0 Å². The molecule has 0 radical (unpaired) electrons. The molecule has 2 unspecified atom stereocenters. The predicted molar refractivity (Wildman–Crippen MR) is 53.2 cm³/mol. The average Bonchev–Trinajstić information content (AvgIpc) is 1.99. The van der Waals surface area contributed by atoms with Gasteiger partial charge in [-0.1, -0.05) is 34.1 Å². The Morgan fingerprint density at radius 3 is 2.17 bits per heavy atom. The highest BCUT2D eigenvalue weighted by Gasteiger charge is 2.26. The Balaban J connectivity index is 3.86. The van der Waals surface area contributed by atoms with E-state index in [9.17, 15) is 5.11 Å². The van der Waals surface area contributed by atoms with Gasteiger partial charge in [-0.3, -0.25) is 0 Å².